The molecule has 35 heavy (non-hydrogen) atoms. The van der Waals surface area contributed by atoms with E-state index in [1.54, 1.807) is 41.3 Å². The Morgan fingerprint density at radius 1 is 0.886 bits per heavy atom. The van der Waals surface area contributed by atoms with Crippen LogP contribution in [0.15, 0.2) is 78.9 Å². The summed E-state index contributed by atoms with van der Waals surface area (Å²) in [5.41, 5.74) is 3.01. The van der Waals surface area contributed by atoms with Gasteiger partial charge in [0.25, 0.3) is 0 Å². The first-order valence-electron chi connectivity index (χ1n) is 11.8. The first-order valence-corrected chi connectivity index (χ1v) is 12.2. The molecule has 3 aromatic carbocycles. The fourth-order valence-electron chi connectivity index (χ4n) is 5.36. The molecule has 4 atom stereocenters. The van der Waals surface area contributed by atoms with Gasteiger partial charge in [-0.05, 0) is 54.8 Å². The van der Waals surface area contributed by atoms with Crippen LogP contribution in [-0.2, 0) is 16.0 Å². The number of hydrogen-bond donors (Lipinski definition) is 1. The molecule has 6 nitrogen and oxygen atoms in total. The number of amides is 4. The Balaban J connectivity index is 1.54. The second kappa shape index (κ2) is 9.19. The van der Waals surface area contributed by atoms with Gasteiger partial charge in [-0.3, -0.25) is 9.59 Å². The molecule has 2 saturated heterocycles. The van der Waals surface area contributed by atoms with Crippen molar-refractivity contribution in [3.8, 4) is 0 Å². The summed E-state index contributed by atoms with van der Waals surface area (Å²) in [6.07, 6.45) is 0.900. The Labute approximate surface area is 209 Å². The van der Waals surface area contributed by atoms with Gasteiger partial charge < -0.3 is 10.2 Å². The molecule has 4 amide bonds. The highest BCUT2D eigenvalue weighted by Crippen LogP contribution is 2.51. The van der Waals surface area contributed by atoms with E-state index in [2.05, 4.69) is 12.2 Å². The number of imide groups is 1. The lowest BCUT2D eigenvalue weighted by Crippen LogP contribution is -2.45. The second-order valence-corrected chi connectivity index (χ2v) is 9.40. The van der Waals surface area contributed by atoms with Crippen LogP contribution in [0.5, 0.6) is 0 Å². The minimum absolute atomic E-state index is 0.293. The van der Waals surface area contributed by atoms with Crippen LogP contribution in [0.25, 0.3) is 0 Å². The molecule has 2 aliphatic rings. The quantitative estimate of drug-likeness (QED) is 0.481. The zero-order chi connectivity index (χ0) is 24.7. The Bertz CT molecular complexity index is 1280. The number of fused-ring (bicyclic) bond motifs is 1. The van der Waals surface area contributed by atoms with Gasteiger partial charge in [0.05, 0.1) is 23.6 Å². The molecule has 0 bridgehead atoms. The summed E-state index contributed by atoms with van der Waals surface area (Å²) < 4.78 is 0. The molecule has 3 aromatic rings. The van der Waals surface area contributed by atoms with Crippen molar-refractivity contribution in [1.82, 2.24) is 4.90 Å². The van der Waals surface area contributed by atoms with Gasteiger partial charge in [-0.1, -0.05) is 67.1 Å². The van der Waals surface area contributed by atoms with Gasteiger partial charge in [0.15, 0.2) is 0 Å². The lowest BCUT2D eigenvalue weighted by molar-refractivity contribution is -0.123. The number of rotatable bonds is 4. The van der Waals surface area contributed by atoms with Gasteiger partial charge in [0.1, 0.15) is 0 Å². The van der Waals surface area contributed by atoms with Crippen molar-refractivity contribution in [2.45, 2.75) is 32.4 Å². The van der Waals surface area contributed by atoms with Crippen LogP contribution in [0, 0.1) is 11.8 Å². The number of anilines is 2. The third-order valence-corrected chi connectivity index (χ3v) is 7.43. The third kappa shape index (κ3) is 3.88. The number of carbonyl (C=O) groups is 3. The second-order valence-electron chi connectivity index (χ2n) is 8.99. The summed E-state index contributed by atoms with van der Waals surface area (Å²) in [5, 5.41) is 3.41. The van der Waals surface area contributed by atoms with E-state index < -0.39 is 23.9 Å². The molecular weight excluding hydrogens is 462 g/mol. The van der Waals surface area contributed by atoms with E-state index in [0.717, 1.165) is 6.42 Å². The maximum absolute atomic E-state index is 13.7. The predicted molar refractivity (Wildman–Crippen MR) is 136 cm³/mol. The number of nitrogens with one attached hydrogen (secondary N) is 1. The van der Waals surface area contributed by atoms with Gasteiger partial charge in [-0.2, -0.15) is 0 Å². The van der Waals surface area contributed by atoms with Crippen LogP contribution in [-0.4, -0.2) is 28.8 Å². The highest BCUT2D eigenvalue weighted by atomic mass is 35.5. The minimum Gasteiger partial charge on any atom is -0.313 e. The number of para-hydroxylation sites is 1. The predicted octanol–water partition coefficient (Wildman–Crippen LogP) is 5.69. The smallest absolute Gasteiger partial charge is 0.313 e. The lowest BCUT2D eigenvalue weighted by Gasteiger charge is -2.32. The van der Waals surface area contributed by atoms with E-state index in [0.29, 0.717) is 22.0 Å². The van der Waals surface area contributed by atoms with E-state index in [1.165, 1.54) is 10.5 Å². The van der Waals surface area contributed by atoms with Crippen molar-refractivity contribution in [1.29, 1.82) is 0 Å². The van der Waals surface area contributed by atoms with Crippen molar-refractivity contribution in [2.75, 3.05) is 10.2 Å². The third-order valence-electron chi connectivity index (χ3n) is 7.08. The van der Waals surface area contributed by atoms with Crippen LogP contribution in [0.4, 0.5) is 16.2 Å². The van der Waals surface area contributed by atoms with Crippen molar-refractivity contribution >= 4 is 40.8 Å². The highest BCUT2D eigenvalue weighted by molar-refractivity contribution is 6.31. The minimum atomic E-state index is -0.731. The summed E-state index contributed by atoms with van der Waals surface area (Å²) in [6.45, 7) is 3.90. The summed E-state index contributed by atoms with van der Waals surface area (Å²) in [7, 11) is 0. The van der Waals surface area contributed by atoms with E-state index in [9.17, 15) is 14.4 Å². The SMILES string of the molecule is CCc1ccc(NC(=O)N2C(C)C3C(=O)N(c4ccccc4)C(=O)C3C2c2ccccc2Cl)cc1. The molecule has 2 heterocycles. The topological polar surface area (TPSA) is 69.7 Å². The molecule has 0 spiro atoms. The number of benzene rings is 3. The monoisotopic (exact) mass is 487 g/mol. The van der Waals surface area contributed by atoms with E-state index in [1.807, 2.05) is 49.4 Å². The molecule has 0 saturated carbocycles. The van der Waals surface area contributed by atoms with E-state index in [4.69, 9.17) is 11.6 Å². The number of nitrogens with zero attached hydrogens (tertiary/aromatic N) is 2. The van der Waals surface area contributed by atoms with Crippen LogP contribution in [0.2, 0.25) is 5.02 Å². The summed E-state index contributed by atoms with van der Waals surface area (Å²) in [6, 6.07) is 22.2. The number of hydrogen-bond acceptors (Lipinski definition) is 3. The molecule has 4 unspecified atom stereocenters. The Morgan fingerprint density at radius 2 is 1.51 bits per heavy atom. The summed E-state index contributed by atoms with van der Waals surface area (Å²) in [4.78, 5) is 43.8. The van der Waals surface area contributed by atoms with Crippen molar-refractivity contribution in [3.63, 3.8) is 0 Å². The maximum atomic E-state index is 13.7. The van der Waals surface area contributed by atoms with Crippen LogP contribution < -0.4 is 10.2 Å². The fraction of sp³-hybridized carbons (Fsp3) is 0.250. The van der Waals surface area contributed by atoms with Gasteiger partial charge >= 0.3 is 6.03 Å². The average Bonchev–Trinajstić information content (AvgIpc) is 3.31. The number of likely N-dealkylation sites (tertiary alicyclic amines) is 1. The number of urea groups is 1. The first kappa shape index (κ1) is 23.1. The van der Waals surface area contributed by atoms with Crippen LogP contribution in [0.3, 0.4) is 0 Å². The molecule has 0 aliphatic carbocycles. The summed E-state index contributed by atoms with van der Waals surface area (Å²) in [5.74, 6) is -2.01. The Morgan fingerprint density at radius 3 is 2.17 bits per heavy atom. The molecule has 0 radical (unpaired) electrons. The number of carbonyl (C=O) groups excluding carboxylic acids is 3. The normalized spacial score (nSPS) is 23.5. The summed E-state index contributed by atoms with van der Waals surface area (Å²) >= 11 is 6.58. The van der Waals surface area contributed by atoms with E-state index >= 15 is 0 Å². The van der Waals surface area contributed by atoms with Crippen LogP contribution in [0.1, 0.15) is 31.0 Å². The number of aryl methyl sites for hydroxylation is 1. The van der Waals surface area contributed by atoms with Crippen molar-refractivity contribution in [2.24, 2.45) is 11.8 Å². The molecule has 1 N–H and O–H groups in total. The molecule has 5 rings (SSSR count). The van der Waals surface area contributed by atoms with Gasteiger partial charge in [-0.25, -0.2) is 9.69 Å². The molecule has 2 fully saturated rings. The zero-order valence-electron chi connectivity index (χ0n) is 19.5. The number of halogens is 1. The van der Waals surface area contributed by atoms with Crippen molar-refractivity contribution < 1.29 is 14.4 Å². The zero-order valence-corrected chi connectivity index (χ0v) is 20.3. The Kier molecular flexibility index (Phi) is 6.07. The molecule has 178 valence electrons. The van der Waals surface area contributed by atoms with Crippen molar-refractivity contribution in [3.05, 3.63) is 95.0 Å². The largest absolute Gasteiger partial charge is 0.322 e. The molecular formula is C28H26ClN3O3. The van der Waals surface area contributed by atoms with Crippen LogP contribution >= 0.6 is 11.6 Å². The standard InChI is InChI=1S/C28H26ClN3O3/c1-3-18-13-15-19(16-14-18)30-28(35)31-17(2)23-24(25(31)21-11-7-8-12-22(21)29)27(34)32(26(23)33)20-9-5-4-6-10-20/h4-17,23-25H,3H2,1-2H3,(H,30,35). The van der Waals surface area contributed by atoms with Gasteiger partial charge in [0, 0.05) is 16.8 Å². The maximum Gasteiger partial charge on any atom is 0.322 e. The van der Waals surface area contributed by atoms with Gasteiger partial charge in [-0.15, -0.1) is 0 Å². The molecule has 7 heteroatoms. The first-order chi connectivity index (χ1) is 16.9. The fourth-order valence-corrected chi connectivity index (χ4v) is 5.61. The van der Waals surface area contributed by atoms with E-state index in [-0.39, 0.29) is 17.8 Å². The molecule has 2 aliphatic heterocycles. The highest BCUT2D eigenvalue weighted by Gasteiger charge is 2.62. The Hall–Kier alpha value is -3.64. The molecule has 0 aromatic heterocycles. The van der Waals surface area contributed by atoms with Gasteiger partial charge in [0.2, 0.25) is 11.8 Å². The lowest BCUT2D eigenvalue weighted by atomic mass is 9.87. The average molecular weight is 488 g/mol.